The van der Waals surface area contributed by atoms with Crippen molar-refractivity contribution in [1.29, 1.82) is 0 Å². The Morgan fingerprint density at radius 1 is 1.16 bits per heavy atom. The molecule has 0 spiro atoms. The van der Waals surface area contributed by atoms with Crippen molar-refractivity contribution in [2.75, 3.05) is 44.1 Å². The van der Waals surface area contributed by atoms with Crippen LogP contribution in [0.4, 0.5) is 16.4 Å². The van der Waals surface area contributed by atoms with E-state index in [1.54, 1.807) is 12.3 Å². The molecule has 0 unspecified atom stereocenters. The fraction of sp³-hybridized carbons (Fsp3) is 0.409. The average Bonchev–Trinajstić information content (AvgIpc) is 3.36. The maximum absolute atomic E-state index is 11.9. The van der Waals surface area contributed by atoms with Crippen LogP contribution in [0.5, 0.6) is 0 Å². The summed E-state index contributed by atoms with van der Waals surface area (Å²) >= 11 is 0. The van der Waals surface area contributed by atoms with E-state index in [0.717, 1.165) is 16.9 Å². The number of nitrogens with one attached hydrogen (secondary N) is 3. The number of urea groups is 1. The first-order chi connectivity index (χ1) is 15.0. The smallest absolute Gasteiger partial charge is 0.315 e. The van der Waals surface area contributed by atoms with Crippen LogP contribution in [0, 0.1) is 0 Å². The first-order valence-corrected chi connectivity index (χ1v) is 10.3. The first-order valence-electron chi connectivity index (χ1n) is 10.3. The van der Waals surface area contributed by atoms with Crippen LogP contribution in [-0.4, -0.2) is 74.1 Å². The van der Waals surface area contributed by atoms with Gasteiger partial charge in [0.1, 0.15) is 12.2 Å². The van der Waals surface area contributed by atoms with Crippen molar-refractivity contribution < 1.29 is 14.3 Å². The van der Waals surface area contributed by atoms with Gasteiger partial charge in [-0.1, -0.05) is 18.2 Å². The van der Waals surface area contributed by atoms with Gasteiger partial charge in [0, 0.05) is 38.1 Å². The van der Waals surface area contributed by atoms with Gasteiger partial charge in [0.2, 0.25) is 5.95 Å². The van der Waals surface area contributed by atoms with Crippen LogP contribution in [0.2, 0.25) is 0 Å². The molecule has 2 fully saturated rings. The Bertz CT molecular complexity index is 920. The van der Waals surface area contributed by atoms with Crippen LogP contribution in [0.1, 0.15) is 0 Å². The lowest BCUT2D eigenvalue weighted by atomic mass is 10.1. The first kappa shape index (κ1) is 21.1. The van der Waals surface area contributed by atoms with E-state index in [1.165, 1.54) is 0 Å². The number of benzene rings is 1. The summed E-state index contributed by atoms with van der Waals surface area (Å²) in [5.74, 6) is 0.521. The number of fused-ring (bicyclic) bond motifs is 1. The highest BCUT2D eigenvalue weighted by Gasteiger charge is 2.48. The molecule has 2 amide bonds. The molecule has 2 saturated heterocycles. The molecule has 31 heavy (non-hydrogen) atoms. The number of nitrogens with zero attached hydrogens (tertiary/aromatic N) is 3. The Balaban J connectivity index is 1.39. The van der Waals surface area contributed by atoms with E-state index >= 15 is 0 Å². The zero-order valence-corrected chi connectivity index (χ0v) is 17.7. The molecule has 2 aliphatic rings. The maximum atomic E-state index is 11.9. The largest absolute Gasteiger partial charge is 0.378 e. The molecule has 4 rings (SSSR count). The van der Waals surface area contributed by atoms with E-state index in [9.17, 15) is 4.79 Å². The molecular weight excluding hydrogens is 396 g/mol. The van der Waals surface area contributed by atoms with E-state index in [0.29, 0.717) is 25.7 Å². The van der Waals surface area contributed by atoms with Crippen molar-refractivity contribution >= 4 is 17.7 Å². The molecular formula is C22H28N6O3. The topological polar surface area (TPSA) is 101 Å². The summed E-state index contributed by atoms with van der Waals surface area (Å²) in [5.41, 5.74) is 2.98. The molecule has 0 saturated carbocycles. The van der Waals surface area contributed by atoms with Crippen molar-refractivity contribution in [3.05, 3.63) is 49.2 Å². The maximum Gasteiger partial charge on any atom is 0.315 e. The molecule has 2 aliphatic heterocycles. The normalized spacial score (nSPS) is 24.3. The number of rotatable bonds is 7. The molecule has 4 atom stereocenters. The van der Waals surface area contributed by atoms with Gasteiger partial charge in [-0.3, -0.25) is 0 Å². The Morgan fingerprint density at radius 3 is 2.58 bits per heavy atom. The van der Waals surface area contributed by atoms with E-state index in [2.05, 4.69) is 49.5 Å². The molecule has 0 radical (unpaired) electrons. The van der Waals surface area contributed by atoms with E-state index in [-0.39, 0.29) is 30.3 Å². The number of hydrogen-bond donors (Lipinski definition) is 3. The lowest BCUT2D eigenvalue weighted by Crippen LogP contribution is -2.48. The summed E-state index contributed by atoms with van der Waals surface area (Å²) in [6.45, 7) is 4.84. The molecule has 1 aromatic carbocycles. The molecule has 3 heterocycles. The second-order valence-electron chi connectivity index (χ2n) is 7.80. The zero-order chi connectivity index (χ0) is 21.8. The summed E-state index contributed by atoms with van der Waals surface area (Å²) in [4.78, 5) is 23.0. The molecule has 0 bridgehead atoms. The minimum Gasteiger partial charge on any atom is -0.378 e. The molecule has 2 aromatic rings. The Labute approximate surface area is 181 Å². The summed E-state index contributed by atoms with van der Waals surface area (Å²) < 4.78 is 11.8. The molecule has 3 N–H and O–H groups in total. The van der Waals surface area contributed by atoms with Crippen LogP contribution < -0.4 is 20.9 Å². The predicted octanol–water partition coefficient (Wildman–Crippen LogP) is 1.64. The second kappa shape index (κ2) is 9.32. The van der Waals surface area contributed by atoms with Gasteiger partial charge < -0.3 is 30.3 Å². The van der Waals surface area contributed by atoms with E-state index < -0.39 is 0 Å². The molecule has 1 aromatic heterocycles. The summed E-state index contributed by atoms with van der Waals surface area (Å²) in [5, 5.41) is 8.94. The molecule has 9 nitrogen and oxygen atoms in total. The fourth-order valence-corrected chi connectivity index (χ4v) is 3.82. The highest BCUT2D eigenvalue weighted by Crippen LogP contribution is 2.29. The zero-order valence-electron chi connectivity index (χ0n) is 17.7. The van der Waals surface area contributed by atoms with E-state index in [1.807, 2.05) is 32.3 Å². The van der Waals surface area contributed by atoms with Crippen LogP contribution in [0.3, 0.4) is 0 Å². The van der Waals surface area contributed by atoms with Crippen LogP contribution >= 0.6 is 0 Å². The van der Waals surface area contributed by atoms with Crippen LogP contribution in [-0.2, 0) is 9.47 Å². The standard InChI is InChI=1S/C22H28N6O3/c1-4-10-24-22(29)27-18-13-31-19-17(12-30-20(18)19)26-21-23-11-9-16(25-21)14-5-7-15(8-6-14)28(2)3/h4-9,11,17-20H,1,10,12-13H2,2-3H3,(H,23,25,26)(H2,24,27,29)/t17-,18+,19-,20+/m1/s1. The van der Waals surface area contributed by atoms with Crippen molar-refractivity contribution in [2.24, 2.45) is 0 Å². The number of ether oxygens (including phenoxy) is 2. The van der Waals surface area contributed by atoms with Crippen LogP contribution in [0.25, 0.3) is 11.3 Å². The number of hydrogen-bond acceptors (Lipinski definition) is 7. The van der Waals surface area contributed by atoms with E-state index in [4.69, 9.17) is 9.47 Å². The molecule has 164 valence electrons. The third-order valence-corrected chi connectivity index (χ3v) is 5.43. The van der Waals surface area contributed by atoms with Gasteiger partial charge in [-0.05, 0) is 18.2 Å². The quantitative estimate of drug-likeness (QED) is 0.581. The Kier molecular flexibility index (Phi) is 6.34. The molecule has 0 aliphatic carbocycles. The van der Waals surface area contributed by atoms with Gasteiger partial charge in [0.05, 0.1) is 31.0 Å². The average molecular weight is 425 g/mol. The van der Waals surface area contributed by atoms with Crippen molar-refractivity contribution in [3.8, 4) is 11.3 Å². The minimum atomic E-state index is -0.259. The minimum absolute atomic E-state index is 0.0978. The van der Waals surface area contributed by atoms with Gasteiger partial charge in [-0.25, -0.2) is 14.8 Å². The fourth-order valence-electron chi connectivity index (χ4n) is 3.82. The number of carbonyl (C=O) groups excluding carboxylic acids is 1. The predicted molar refractivity (Wildman–Crippen MR) is 119 cm³/mol. The number of amides is 2. The Hall–Kier alpha value is -3.17. The SMILES string of the molecule is C=CCNC(=O)N[C@H]1CO[C@H]2[C@H]1OC[C@H]2Nc1nccc(-c2ccc(N(C)C)cc2)n1. The van der Waals surface area contributed by atoms with Gasteiger partial charge in [0.25, 0.3) is 0 Å². The number of carbonyl (C=O) groups is 1. The second-order valence-corrected chi connectivity index (χ2v) is 7.80. The van der Waals surface area contributed by atoms with Gasteiger partial charge in [-0.15, -0.1) is 6.58 Å². The highest BCUT2D eigenvalue weighted by atomic mass is 16.6. The van der Waals surface area contributed by atoms with Crippen molar-refractivity contribution in [1.82, 2.24) is 20.6 Å². The third kappa shape index (κ3) is 4.78. The monoisotopic (exact) mass is 424 g/mol. The number of anilines is 2. The van der Waals surface area contributed by atoms with Gasteiger partial charge in [-0.2, -0.15) is 0 Å². The lowest BCUT2D eigenvalue weighted by molar-refractivity contribution is 0.0682. The summed E-state index contributed by atoms with van der Waals surface area (Å²) in [6.07, 6.45) is 2.97. The lowest BCUT2D eigenvalue weighted by Gasteiger charge is -2.18. The summed E-state index contributed by atoms with van der Waals surface area (Å²) in [6, 6.07) is 9.54. The van der Waals surface area contributed by atoms with Crippen molar-refractivity contribution in [2.45, 2.75) is 24.3 Å². The van der Waals surface area contributed by atoms with Gasteiger partial charge >= 0.3 is 6.03 Å². The highest BCUT2D eigenvalue weighted by molar-refractivity contribution is 5.74. The molecule has 9 heteroatoms. The van der Waals surface area contributed by atoms with Gasteiger partial charge in [0.15, 0.2) is 0 Å². The number of aromatic nitrogens is 2. The van der Waals surface area contributed by atoms with Crippen molar-refractivity contribution in [3.63, 3.8) is 0 Å². The Morgan fingerprint density at radius 2 is 1.87 bits per heavy atom. The summed E-state index contributed by atoms with van der Waals surface area (Å²) in [7, 11) is 4.02. The van der Waals surface area contributed by atoms with Crippen LogP contribution in [0.15, 0.2) is 49.2 Å². The third-order valence-electron chi connectivity index (χ3n) is 5.43.